The lowest BCUT2D eigenvalue weighted by Crippen LogP contribution is -2.04. The second kappa shape index (κ2) is 4.63. The Hall–Kier alpha value is -1.39. The summed E-state index contributed by atoms with van der Waals surface area (Å²) in [6.45, 7) is 3.91. The molecule has 0 amide bonds. The molecule has 1 fully saturated rings. The van der Waals surface area contributed by atoms with Crippen LogP contribution in [0.1, 0.15) is 25.7 Å². The molecule has 1 aliphatic heterocycles. The van der Waals surface area contributed by atoms with E-state index in [1.807, 2.05) is 19.1 Å². The maximum absolute atomic E-state index is 10.8. The van der Waals surface area contributed by atoms with Gasteiger partial charge in [0.25, 0.3) is 0 Å². The zero-order chi connectivity index (χ0) is 11.5. The largest absolute Gasteiger partial charge is 0.427 e. The normalized spacial score (nSPS) is 24.4. The van der Waals surface area contributed by atoms with Crippen LogP contribution in [0.4, 0.5) is 0 Å². The van der Waals surface area contributed by atoms with Crippen LogP contribution in [0.5, 0.6) is 5.75 Å². The fourth-order valence-electron chi connectivity index (χ4n) is 1.58. The van der Waals surface area contributed by atoms with Crippen LogP contribution in [0.25, 0.3) is 0 Å². The van der Waals surface area contributed by atoms with Crippen molar-refractivity contribution in [2.24, 2.45) is 0 Å². The minimum atomic E-state index is -0.356. The van der Waals surface area contributed by atoms with Crippen molar-refractivity contribution >= 4 is 5.97 Å². The van der Waals surface area contributed by atoms with Crippen molar-refractivity contribution in [3.05, 3.63) is 29.8 Å². The molecular formula is C12H14O4. The molecule has 0 N–H and O–H groups in total. The fourth-order valence-corrected chi connectivity index (χ4v) is 1.58. The summed E-state index contributed by atoms with van der Waals surface area (Å²) < 4.78 is 16.0. The van der Waals surface area contributed by atoms with Gasteiger partial charge in [-0.15, -0.1) is 0 Å². The third kappa shape index (κ3) is 2.59. The number of ether oxygens (including phenoxy) is 3. The Labute approximate surface area is 94.1 Å². The molecule has 0 aliphatic carbocycles. The summed E-state index contributed by atoms with van der Waals surface area (Å²) in [6, 6.07) is 7.17. The average Bonchev–Trinajstić information content (AvgIpc) is 2.64. The highest BCUT2D eigenvalue weighted by molar-refractivity contribution is 5.69. The summed E-state index contributed by atoms with van der Waals surface area (Å²) in [5, 5.41) is 0. The van der Waals surface area contributed by atoms with Crippen molar-refractivity contribution in [1.29, 1.82) is 0 Å². The molecule has 4 heteroatoms. The monoisotopic (exact) mass is 222 g/mol. The third-order valence-corrected chi connectivity index (χ3v) is 2.23. The number of benzene rings is 1. The van der Waals surface area contributed by atoms with Crippen molar-refractivity contribution in [3.8, 4) is 5.75 Å². The molecule has 1 aromatic rings. The third-order valence-electron chi connectivity index (χ3n) is 2.23. The van der Waals surface area contributed by atoms with Gasteiger partial charge in [0, 0.05) is 12.5 Å². The molecule has 0 spiro atoms. The van der Waals surface area contributed by atoms with E-state index in [1.165, 1.54) is 6.92 Å². The van der Waals surface area contributed by atoms with E-state index in [-0.39, 0.29) is 18.4 Å². The molecule has 0 unspecified atom stereocenters. The summed E-state index contributed by atoms with van der Waals surface area (Å²) in [6.07, 6.45) is -0.257. The molecule has 2 atom stereocenters. The highest BCUT2D eigenvalue weighted by atomic mass is 16.7. The Morgan fingerprint density at radius 2 is 2.31 bits per heavy atom. The quantitative estimate of drug-likeness (QED) is 0.567. The Bertz CT molecular complexity index is 388. The van der Waals surface area contributed by atoms with E-state index in [0.717, 1.165) is 5.56 Å². The zero-order valence-corrected chi connectivity index (χ0v) is 9.30. The van der Waals surface area contributed by atoms with E-state index < -0.39 is 0 Å². The van der Waals surface area contributed by atoms with Gasteiger partial charge in [0.1, 0.15) is 5.75 Å². The van der Waals surface area contributed by atoms with Gasteiger partial charge in [-0.05, 0) is 19.1 Å². The van der Waals surface area contributed by atoms with Crippen molar-refractivity contribution in [3.63, 3.8) is 0 Å². The van der Waals surface area contributed by atoms with Gasteiger partial charge in [0.05, 0.1) is 12.7 Å². The summed E-state index contributed by atoms with van der Waals surface area (Å²) in [5.41, 5.74) is 0.864. The van der Waals surface area contributed by atoms with E-state index in [0.29, 0.717) is 12.4 Å². The van der Waals surface area contributed by atoms with Gasteiger partial charge in [-0.3, -0.25) is 4.79 Å². The van der Waals surface area contributed by atoms with Crippen molar-refractivity contribution in [2.45, 2.75) is 26.2 Å². The molecule has 4 nitrogen and oxygen atoms in total. The smallest absolute Gasteiger partial charge is 0.308 e. The molecule has 0 radical (unpaired) electrons. The Balaban J connectivity index is 2.12. The standard InChI is InChI=1S/C12H14O4/c1-8-7-14-12(15-8)10-4-3-5-11(6-10)16-9(2)13/h3-6,8,12H,7H2,1-2H3/t8-,12-/m1/s1. The Morgan fingerprint density at radius 3 is 2.94 bits per heavy atom. The van der Waals surface area contributed by atoms with Crippen molar-refractivity contribution in [1.82, 2.24) is 0 Å². The molecule has 0 aromatic heterocycles. The van der Waals surface area contributed by atoms with Crippen LogP contribution in [0.3, 0.4) is 0 Å². The van der Waals surface area contributed by atoms with E-state index >= 15 is 0 Å². The summed E-state index contributed by atoms with van der Waals surface area (Å²) in [4.78, 5) is 10.8. The molecular weight excluding hydrogens is 208 g/mol. The first-order chi connectivity index (χ1) is 7.65. The zero-order valence-electron chi connectivity index (χ0n) is 9.30. The first-order valence-electron chi connectivity index (χ1n) is 5.20. The minimum Gasteiger partial charge on any atom is -0.427 e. The topological polar surface area (TPSA) is 44.8 Å². The van der Waals surface area contributed by atoms with E-state index in [1.54, 1.807) is 12.1 Å². The summed E-state index contributed by atoms with van der Waals surface area (Å²) in [5.74, 6) is 0.176. The number of hydrogen-bond donors (Lipinski definition) is 0. The van der Waals surface area contributed by atoms with Crippen molar-refractivity contribution < 1.29 is 19.0 Å². The van der Waals surface area contributed by atoms with E-state index in [9.17, 15) is 4.79 Å². The lowest BCUT2D eigenvalue weighted by Gasteiger charge is -2.11. The molecule has 0 bridgehead atoms. The van der Waals surface area contributed by atoms with Crippen LogP contribution >= 0.6 is 0 Å². The summed E-state index contributed by atoms with van der Waals surface area (Å²) >= 11 is 0. The number of carbonyl (C=O) groups is 1. The maximum atomic E-state index is 10.8. The number of carbonyl (C=O) groups excluding carboxylic acids is 1. The van der Waals surface area contributed by atoms with E-state index in [4.69, 9.17) is 14.2 Å². The summed E-state index contributed by atoms with van der Waals surface area (Å²) in [7, 11) is 0. The van der Waals surface area contributed by atoms with Gasteiger partial charge in [-0.1, -0.05) is 12.1 Å². The first-order valence-corrected chi connectivity index (χ1v) is 5.20. The average molecular weight is 222 g/mol. The molecule has 1 saturated heterocycles. The predicted molar refractivity (Wildman–Crippen MR) is 57.0 cm³/mol. The first kappa shape index (κ1) is 11.1. The molecule has 0 saturated carbocycles. The van der Waals surface area contributed by atoms with Gasteiger partial charge in [0.15, 0.2) is 6.29 Å². The van der Waals surface area contributed by atoms with Gasteiger partial charge >= 0.3 is 5.97 Å². The maximum Gasteiger partial charge on any atom is 0.308 e. The molecule has 16 heavy (non-hydrogen) atoms. The van der Waals surface area contributed by atoms with Gasteiger partial charge in [-0.25, -0.2) is 0 Å². The molecule has 2 rings (SSSR count). The van der Waals surface area contributed by atoms with Crippen LogP contribution in [0.15, 0.2) is 24.3 Å². The molecule has 1 aromatic carbocycles. The van der Waals surface area contributed by atoms with Gasteiger partial charge < -0.3 is 14.2 Å². The predicted octanol–water partition coefficient (Wildman–Crippen LogP) is 2.05. The number of hydrogen-bond acceptors (Lipinski definition) is 4. The van der Waals surface area contributed by atoms with E-state index in [2.05, 4.69) is 0 Å². The Kier molecular flexibility index (Phi) is 3.22. The second-order valence-electron chi connectivity index (χ2n) is 3.78. The van der Waals surface area contributed by atoms with Crippen LogP contribution in [-0.2, 0) is 14.3 Å². The van der Waals surface area contributed by atoms with Gasteiger partial charge in [0.2, 0.25) is 0 Å². The molecule has 1 aliphatic rings. The molecule has 86 valence electrons. The lowest BCUT2D eigenvalue weighted by atomic mass is 10.2. The number of rotatable bonds is 2. The van der Waals surface area contributed by atoms with Gasteiger partial charge in [-0.2, -0.15) is 0 Å². The van der Waals surface area contributed by atoms with Crippen LogP contribution in [0.2, 0.25) is 0 Å². The highest BCUT2D eigenvalue weighted by Crippen LogP contribution is 2.28. The molecule has 1 heterocycles. The van der Waals surface area contributed by atoms with Crippen LogP contribution < -0.4 is 4.74 Å². The fraction of sp³-hybridized carbons (Fsp3) is 0.417. The SMILES string of the molecule is CC(=O)Oc1cccc([C@@H]2OC[C@@H](C)O2)c1. The highest BCUT2D eigenvalue weighted by Gasteiger charge is 2.24. The Morgan fingerprint density at radius 1 is 1.50 bits per heavy atom. The minimum absolute atomic E-state index is 0.0994. The van der Waals surface area contributed by atoms with Crippen molar-refractivity contribution in [2.75, 3.05) is 6.61 Å². The lowest BCUT2D eigenvalue weighted by molar-refractivity contribution is -0.131. The number of esters is 1. The van der Waals surface area contributed by atoms with Crippen LogP contribution in [-0.4, -0.2) is 18.7 Å². The second-order valence-corrected chi connectivity index (χ2v) is 3.78. The van der Waals surface area contributed by atoms with Crippen LogP contribution in [0, 0.1) is 0 Å².